The monoisotopic (exact) mass is 424 g/mol. The average Bonchev–Trinajstić information content (AvgIpc) is 2.73. The van der Waals surface area contributed by atoms with Crippen molar-refractivity contribution in [3.63, 3.8) is 0 Å². The van der Waals surface area contributed by atoms with Gasteiger partial charge < -0.3 is 4.90 Å². The van der Waals surface area contributed by atoms with E-state index in [9.17, 15) is 18.0 Å². The lowest BCUT2D eigenvalue weighted by molar-refractivity contribution is -0.129. The van der Waals surface area contributed by atoms with E-state index < -0.39 is 10.0 Å². The van der Waals surface area contributed by atoms with Crippen molar-refractivity contribution in [2.24, 2.45) is 0 Å². The summed E-state index contributed by atoms with van der Waals surface area (Å²) in [6.45, 7) is 2.91. The first kappa shape index (κ1) is 21.3. The minimum atomic E-state index is -3.60. The van der Waals surface area contributed by atoms with E-state index in [2.05, 4.69) is 0 Å². The summed E-state index contributed by atoms with van der Waals surface area (Å²) < 4.78 is 27.0. The average molecular weight is 425 g/mol. The molecule has 0 aromatic heterocycles. The highest BCUT2D eigenvalue weighted by molar-refractivity contribution is 8.00. The Bertz CT molecular complexity index is 794. The molecule has 0 bridgehead atoms. The van der Waals surface area contributed by atoms with E-state index >= 15 is 0 Å². The number of hydrogen-bond acceptors (Lipinski definition) is 5. The number of rotatable bonds is 6. The van der Waals surface area contributed by atoms with Gasteiger partial charge in [0, 0.05) is 37.0 Å². The maximum atomic E-state index is 12.8. The highest BCUT2D eigenvalue weighted by Crippen LogP contribution is 2.28. The van der Waals surface area contributed by atoms with Crippen molar-refractivity contribution in [2.75, 3.05) is 31.9 Å². The smallest absolute Gasteiger partial charge is 0.243 e. The summed E-state index contributed by atoms with van der Waals surface area (Å²) in [6.07, 6.45) is 6.23. The minimum Gasteiger partial charge on any atom is -0.339 e. The zero-order chi connectivity index (χ0) is 20.1. The van der Waals surface area contributed by atoms with Crippen LogP contribution in [0.25, 0.3) is 0 Å². The molecule has 1 saturated heterocycles. The number of amides is 1. The second-order valence-electron chi connectivity index (χ2n) is 7.44. The van der Waals surface area contributed by atoms with Crippen molar-refractivity contribution < 1.29 is 18.0 Å². The van der Waals surface area contributed by atoms with Crippen LogP contribution in [0.4, 0.5) is 0 Å². The molecule has 3 rings (SSSR count). The molecule has 8 heteroatoms. The van der Waals surface area contributed by atoms with E-state index in [1.807, 2.05) is 0 Å². The molecule has 154 valence electrons. The Balaban J connectivity index is 1.52. The van der Waals surface area contributed by atoms with Crippen LogP contribution >= 0.6 is 11.8 Å². The molecule has 1 saturated carbocycles. The number of nitrogens with zero attached hydrogens (tertiary/aromatic N) is 2. The topological polar surface area (TPSA) is 74.8 Å². The van der Waals surface area contributed by atoms with E-state index in [4.69, 9.17) is 0 Å². The number of hydrogen-bond donors (Lipinski definition) is 0. The van der Waals surface area contributed by atoms with Crippen LogP contribution in [0.1, 0.15) is 49.4 Å². The summed E-state index contributed by atoms with van der Waals surface area (Å²) in [5.74, 6) is 0.504. The highest BCUT2D eigenvalue weighted by Gasteiger charge is 2.30. The van der Waals surface area contributed by atoms with Crippen LogP contribution in [0.5, 0.6) is 0 Å². The molecule has 6 nitrogen and oxygen atoms in total. The molecule has 1 aliphatic carbocycles. The minimum absolute atomic E-state index is 0.0952. The number of benzene rings is 1. The van der Waals surface area contributed by atoms with Crippen LogP contribution in [0, 0.1) is 0 Å². The zero-order valence-electron chi connectivity index (χ0n) is 16.3. The summed E-state index contributed by atoms with van der Waals surface area (Å²) in [6, 6.07) is 6.03. The molecule has 2 aliphatic rings. The molecule has 0 atom stereocenters. The summed E-state index contributed by atoms with van der Waals surface area (Å²) >= 11 is 1.76. The first-order chi connectivity index (χ1) is 13.4. The summed E-state index contributed by atoms with van der Waals surface area (Å²) in [5.41, 5.74) is 0.491. The number of carbonyl (C=O) groups is 2. The van der Waals surface area contributed by atoms with Gasteiger partial charge in [0.1, 0.15) is 0 Å². The fourth-order valence-electron chi connectivity index (χ4n) is 3.70. The Morgan fingerprint density at radius 3 is 2.18 bits per heavy atom. The molecular weight excluding hydrogens is 396 g/mol. The SMILES string of the molecule is CC(=O)c1ccc(S(=O)(=O)N2CCN(C(=O)CSC3CCCCC3)CC2)cc1. The van der Waals surface area contributed by atoms with Gasteiger partial charge in [-0.3, -0.25) is 9.59 Å². The third-order valence-corrected chi connectivity index (χ3v) is 8.75. The molecule has 0 radical (unpaired) electrons. The Morgan fingerprint density at radius 2 is 1.61 bits per heavy atom. The van der Waals surface area contributed by atoms with Crippen molar-refractivity contribution in [2.45, 2.75) is 49.2 Å². The number of Topliss-reactive ketones (excluding diaryl/α,β-unsaturated/α-hetero) is 1. The van der Waals surface area contributed by atoms with Gasteiger partial charge in [-0.25, -0.2) is 8.42 Å². The van der Waals surface area contributed by atoms with Crippen LogP contribution in [0.15, 0.2) is 29.2 Å². The summed E-state index contributed by atoms with van der Waals surface area (Å²) in [7, 11) is -3.60. The predicted molar refractivity (Wildman–Crippen MR) is 111 cm³/mol. The van der Waals surface area contributed by atoms with Crippen LogP contribution in [0.2, 0.25) is 0 Å². The standard InChI is InChI=1S/C20H28N2O4S2/c1-16(23)17-7-9-19(10-8-17)28(25,26)22-13-11-21(12-14-22)20(24)15-27-18-5-3-2-4-6-18/h7-10,18H,2-6,11-15H2,1H3. The van der Waals surface area contributed by atoms with Gasteiger partial charge in [0.2, 0.25) is 15.9 Å². The van der Waals surface area contributed by atoms with Gasteiger partial charge in [-0.1, -0.05) is 31.4 Å². The molecule has 0 unspecified atom stereocenters. The van der Waals surface area contributed by atoms with Crippen molar-refractivity contribution in [1.82, 2.24) is 9.21 Å². The lowest BCUT2D eigenvalue weighted by Crippen LogP contribution is -2.51. The van der Waals surface area contributed by atoms with Crippen LogP contribution in [-0.2, 0) is 14.8 Å². The molecule has 1 aliphatic heterocycles. The number of sulfonamides is 1. The second-order valence-corrected chi connectivity index (χ2v) is 10.7. The van der Waals surface area contributed by atoms with E-state index in [0.717, 1.165) is 0 Å². The van der Waals surface area contributed by atoms with Gasteiger partial charge in [-0.05, 0) is 31.9 Å². The molecule has 0 N–H and O–H groups in total. The summed E-state index contributed by atoms with van der Waals surface area (Å²) in [4.78, 5) is 25.8. The second kappa shape index (κ2) is 9.41. The fourth-order valence-corrected chi connectivity index (χ4v) is 6.35. The molecule has 1 amide bonds. The predicted octanol–water partition coefficient (Wildman–Crippen LogP) is 2.79. The largest absolute Gasteiger partial charge is 0.339 e. The van der Waals surface area contributed by atoms with E-state index in [-0.39, 0.29) is 16.6 Å². The first-order valence-corrected chi connectivity index (χ1v) is 12.4. The normalized spacial score (nSPS) is 19.5. The van der Waals surface area contributed by atoms with Gasteiger partial charge in [0.25, 0.3) is 0 Å². The third kappa shape index (κ3) is 5.15. The lowest BCUT2D eigenvalue weighted by Gasteiger charge is -2.34. The molecule has 1 heterocycles. The summed E-state index contributed by atoms with van der Waals surface area (Å²) in [5, 5.41) is 0.595. The van der Waals surface area contributed by atoms with E-state index in [0.29, 0.717) is 42.7 Å². The molecular formula is C20H28N2O4S2. The number of thioether (sulfide) groups is 1. The third-order valence-electron chi connectivity index (χ3n) is 5.48. The Labute approximate surface area is 171 Å². The van der Waals surface area contributed by atoms with Gasteiger partial charge in [0.05, 0.1) is 10.6 Å². The molecule has 1 aromatic carbocycles. The molecule has 28 heavy (non-hydrogen) atoms. The van der Waals surface area contributed by atoms with Gasteiger partial charge in [-0.15, -0.1) is 11.8 Å². The van der Waals surface area contributed by atoms with Gasteiger partial charge in [0.15, 0.2) is 5.78 Å². The fraction of sp³-hybridized carbons (Fsp3) is 0.600. The lowest BCUT2D eigenvalue weighted by atomic mass is 10.0. The van der Waals surface area contributed by atoms with E-state index in [1.165, 1.54) is 67.6 Å². The number of ketones is 1. The maximum absolute atomic E-state index is 12.8. The first-order valence-electron chi connectivity index (χ1n) is 9.88. The number of carbonyl (C=O) groups excluding carboxylic acids is 2. The molecule has 2 fully saturated rings. The maximum Gasteiger partial charge on any atom is 0.243 e. The molecule has 0 spiro atoms. The quantitative estimate of drug-likeness (QED) is 0.657. The van der Waals surface area contributed by atoms with Crippen LogP contribution in [0.3, 0.4) is 0 Å². The zero-order valence-corrected chi connectivity index (χ0v) is 17.9. The molecule has 1 aromatic rings. The Hall–Kier alpha value is -1.38. The van der Waals surface area contributed by atoms with Gasteiger partial charge in [-0.2, -0.15) is 4.31 Å². The number of piperazine rings is 1. The van der Waals surface area contributed by atoms with E-state index in [1.54, 1.807) is 16.7 Å². The van der Waals surface area contributed by atoms with Crippen molar-refractivity contribution in [1.29, 1.82) is 0 Å². The Morgan fingerprint density at radius 1 is 1.00 bits per heavy atom. The highest BCUT2D eigenvalue weighted by atomic mass is 32.2. The van der Waals surface area contributed by atoms with Crippen molar-refractivity contribution in [3.05, 3.63) is 29.8 Å². The van der Waals surface area contributed by atoms with Crippen molar-refractivity contribution in [3.8, 4) is 0 Å². The Kier molecular flexibility index (Phi) is 7.17. The van der Waals surface area contributed by atoms with Crippen molar-refractivity contribution >= 4 is 33.5 Å². The van der Waals surface area contributed by atoms with Crippen LogP contribution < -0.4 is 0 Å². The van der Waals surface area contributed by atoms with Crippen LogP contribution in [-0.4, -0.2) is 66.5 Å². The van der Waals surface area contributed by atoms with Gasteiger partial charge >= 0.3 is 0 Å².